The van der Waals surface area contributed by atoms with E-state index in [-0.39, 0.29) is 5.97 Å². The Morgan fingerprint density at radius 2 is 2.29 bits per heavy atom. The third-order valence-electron chi connectivity index (χ3n) is 2.10. The van der Waals surface area contributed by atoms with E-state index in [0.717, 1.165) is 18.7 Å². The first-order valence-corrected chi connectivity index (χ1v) is 5.63. The van der Waals surface area contributed by atoms with Crippen LogP contribution in [0.4, 0.5) is 5.69 Å². The maximum Gasteiger partial charge on any atom is 0.339 e. The van der Waals surface area contributed by atoms with Crippen LogP contribution < -0.4 is 5.32 Å². The van der Waals surface area contributed by atoms with Crippen molar-refractivity contribution >= 4 is 11.7 Å². The van der Waals surface area contributed by atoms with Gasteiger partial charge in [0, 0.05) is 32.7 Å². The summed E-state index contributed by atoms with van der Waals surface area (Å²) in [5, 5.41) is 3.17. The summed E-state index contributed by atoms with van der Waals surface area (Å²) in [6.07, 6.45) is 4.08. The van der Waals surface area contributed by atoms with Crippen LogP contribution in [0.3, 0.4) is 0 Å². The molecule has 0 radical (unpaired) electrons. The number of aromatic nitrogens is 1. The van der Waals surface area contributed by atoms with E-state index in [1.54, 1.807) is 26.3 Å². The minimum atomic E-state index is -0.347. The molecule has 5 heteroatoms. The first kappa shape index (κ1) is 13.4. The van der Waals surface area contributed by atoms with E-state index < -0.39 is 0 Å². The first-order valence-electron chi connectivity index (χ1n) is 5.63. The second-order valence-electron chi connectivity index (χ2n) is 3.46. The number of ether oxygens (including phenoxy) is 2. The molecule has 94 valence electrons. The number of hydrogen-bond acceptors (Lipinski definition) is 5. The number of carbonyl (C=O) groups excluding carboxylic acids is 1. The smallest absolute Gasteiger partial charge is 0.339 e. The van der Waals surface area contributed by atoms with Crippen molar-refractivity contribution in [2.75, 3.05) is 32.2 Å². The highest BCUT2D eigenvalue weighted by Gasteiger charge is 2.07. The summed E-state index contributed by atoms with van der Waals surface area (Å²) >= 11 is 0. The summed E-state index contributed by atoms with van der Waals surface area (Å²) in [7, 11) is 1.67. The Morgan fingerprint density at radius 1 is 1.47 bits per heavy atom. The van der Waals surface area contributed by atoms with Gasteiger partial charge in [-0.1, -0.05) is 0 Å². The van der Waals surface area contributed by atoms with Gasteiger partial charge in [0.2, 0.25) is 0 Å². The fourth-order valence-corrected chi connectivity index (χ4v) is 1.31. The van der Waals surface area contributed by atoms with E-state index in [0.29, 0.717) is 18.8 Å². The van der Waals surface area contributed by atoms with Crippen molar-refractivity contribution in [3.8, 4) is 0 Å². The molecule has 17 heavy (non-hydrogen) atoms. The topological polar surface area (TPSA) is 60.5 Å². The Hall–Kier alpha value is -1.62. The van der Waals surface area contributed by atoms with Crippen LogP contribution in [-0.4, -0.2) is 37.8 Å². The predicted octanol–water partition coefficient (Wildman–Crippen LogP) is 1.71. The van der Waals surface area contributed by atoms with Crippen LogP contribution in [-0.2, 0) is 9.47 Å². The first-order chi connectivity index (χ1) is 8.27. The SMILES string of the molecule is CCOC(=O)c1cncc(NCCCOC)c1. The molecule has 5 nitrogen and oxygen atoms in total. The summed E-state index contributed by atoms with van der Waals surface area (Å²) in [5.74, 6) is -0.347. The monoisotopic (exact) mass is 238 g/mol. The van der Waals surface area contributed by atoms with Gasteiger partial charge in [0.1, 0.15) is 0 Å². The van der Waals surface area contributed by atoms with Crippen molar-refractivity contribution in [2.24, 2.45) is 0 Å². The van der Waals surface area contributed by atoms with Gasteiger partial charge >= 0.3 is 5.97 Å². The Labute approximate surface area is 101 Å². The number of carbonyl (C=O) groups is 1. The number of nitrogens with one attached hydrogen (secondary N) is 1. The van der Waals surface area contributed by atoms with Gasteiger partial charge in [-0.15, -0.1) is 0 Å². The molecule has 0 saturated heterocycles. The van der Waals surface area contributed by atoms with Crippen LogP contribution >= 0.6 is 0 Å². The summed E-state index contributed by atoms with van der Waals surface area (Å²) in [5.41, 5.74) is 1.27. The van der Waals surface area contributed by atoms with Crippen LogP contribution in [0.15, 0.2) is 18.5 Å². The Morgan fingerprint density at radius 3 is 3.00 bits per heavy atom. The van der Waals surface area contributed by atoms with Crippen molar-refractivity contribution in [3.63, 3.8) is 0 Å². The quantitative estimate of drug-likeness (QED) is 0.578. The fourth-order valence-electron chi connectivity index (χ4n) is 1.31. The van der Waals surface area contributed by atoms with Gasteiger partial charge < -0.3 is 14.8 Å². The second-order valence-corrected chi connectivity index (χ2v) is 3.46. The molecule has 1 N–H and O–H groups in total. The lowest BCUT2D eigenvalue weighted by Crippen LogP contribution is -2.08. The molecule has 0 aromatic carbocycles. The Balaban J connectivity index is 2.50. The molecular weight excluding hydrogens is 220 g/mol. The van der Waals surface area contributed by atoms with E-state index >= 15 is 0 Å². The van der Waals surface area contributed by atoms with Crippen molar-refractivity contribution < 1.29 is 14.3 Å². The molecule has 0 atom stereocenters. The number of hydrogen-bond donors (Lipinski definition) is 1. The standard InChI is InChI=1S/C12H18N2O3/c1-3-17-12(15)10-7-11(9-13-8-10)14-5-4-6-16-2/h7-9,14H,3-6H2,1-2H3. The van der Waals surface area contributed by atoms with E-state index in [2.05, 4.69) is 10.3 Å². The molecule has 0 aliphatic rings. The largest absolute Gasteiger partial charge is 0.462 e. The molecule has 0 aliphatic carbocycles. The van der Waals surface area contributed by atoms with Crippen LogP contribution in [0.25, 0.3) is 0 Å². The number of esters is 1. The summed E-state index contributed by atoms with van der Waals surface area (Å²) < 4.78 is 9.84. The second kappa shape index (κ2) is 7.62. The molecule has 0 aliphatic heterocycles. The maximum absolute atomic E-state index is 11.5. The van der Waals surface area contributed by atoms with Crippen molar-refractivity contribution in [1.82, 2.24) is 4.98 Å². The van der Waals surface area contributed by atoms with E-state index in [1.807, 2.05) is 0 Å². The Bertz CT molecular complexity index is 355. The number of pyridine rings is 1. The van der Waals surface area contributed by atoms with Gasteiger partial charge in [-0.25, -0.2) is 4.79 Å². The average molecular weight is 238 g/mol. The summed E-state index contributed by atoms with van der Waals surface area (Å²) in [4.78, 5) is 15.5. The van der Waals surface area contributed by atoms with Crippen molar-refractivity contribution in [2.45, 2.75) is 13.3 Å². The highest BCUT2D eigenvalue weighted by atomic mass is 16.5. The molecule has 1 aromatic rings. The number of rotatable bonds is 7. The lowest BCUT2D eigenvalue weighted by molar-refractivity contribution is 0.0526. The lowest BCUT2D eigenvalue weighted by atomic mass is 10.2. The fraction of sp³-hybridized carbons (Fsp3) is 0.500. The zero-order chi connectivity index (χ0) is 12.5. The van der Waals surface area contributed by atoms with Crippen LogP contribution in [0.2, 0.25) is 0 Å². The lowest BCUT2D eigenvalue weighted by Gasteiger charge is -2.07. The van der Waals surface area contributed by atoms with Crippen LogP contribution in [0.5, 0.6) is 0 Å². The van der Waals surface area contributed by atoms with Crippen LogP contribution in [0, 0.1) is 0 Å². The number of nitrogens with zero attached hydrogens (tertiary/aromatic N) is 1. The molecular formula is C12H18N2O3. The van der Waals surface area contributed by atoms with E-state index in [9.17, 15) is 4.79 Å². The number of methoxy groups -OCH3 is 1. The molecule has 0 saturated carbocycles. The molecule has 1 aromatic heterocycles. The average Bonchev–Trinajstić information content (AvgIpc) is 2.35. The zero-order valence-corrected chi connectivity index (χ0v) is 10.2. The van der Waals surface area contributed by atoms with Gasteiger partial charge in [-0.2, -0.15) is 0 Å². The molecule has 1 rings (SSSR count). The van der Waals surface area contributed by atoms with E-state index in [1.165, 1.54) is 6.20 Å². The van der Waals surface area contributed by atoms with Crippen molar-refractivity contribution in [1.29, 1.82) is 0 Å². The van der Waals surface area contributed by atoms with Gasteiger partial charge in [0.15, 0.2) is 0 Å². The highest BCUT2D eigenvalue weighted by molar-refractivity contribution is 5.90. The minimum Gasteiger partial charge on any atom is -0.462 e. The normalized spacial score (nSPS) is 10.0. The molecule has 0 fully saturated rings. The molecule has 0 amide bonds. The third-order valence-corrected chi connectivity index (χ3v) is 2.10. The van der Waals surface area contributed by atoms with Crippen molar-refractivity contribution in [3.05, 3.63) is 24.0 Å². The van der Waals surface area contributed by atoms with Crippen LogP contribution in [0.1, 0.15) is 23.7 Å². The predicted molar refractivity (Wildman–Crippen MR) is 65.2 cm³/mol. The minimum absolute atomic E-state index is 0.347. The Kier molecular flexibility index (Phi) is 6.03. The van der Waals surface area contributed by atoms with E-state index in [4.69, 9.17) is 9.47 Å². The molecule has 0 bridgehead atoms. The van der Waals surface area contributed by atoms with Gasteiger partial charge in [0.25, 0.3) is 0 Å². The number of anilines is 1. The maximum atomic E-state index is 11.5. The molecule has 0 spiro atoms. The summed E-state index contributed by atoms with van der Waals surface area (Å²) in [6.45, 7) is 3.63. The molecule has 1 heterocycles. The van der Waals surface area contributed by atoms with Gasteiger partial charge in [0.05, 0.1) is 17.9 Å². The highest BCUT2D eigenvalue weighted by Crippen LogP contribution is 2.09. The summed E-state index contributed by atoms with van der Waals surface area (Å²) in [6, 6.07) is 1.73. The third kappa shape index (κ3) is 4.82. The molecule has 0 unspecified atom stereocenters. The zero-order valence-electron chi connectivity index (χ0n) is 10.2. The van der Waals surface area contributed by atoms with Gasteiger partial charge in [-0.05, 0) is 19.4 Å². The van der Waals surface area contributed by atoms with Gasteiger partial charge in [-0.3, -0.25) is 4.98 Å².